The Kier molecular flexibility index (Phi) is 2.66. The molecule has 0 aromatic rings. The number of hydrogen-bond acceptors (Lipinski definition) is 2. The van der Waals surface area contributed by atoms with Crippen LogP contribution in [0.1, 0.15) is 34.1 Å². The smallest absolute Gasteiger partial charge is 0.169 e. The van der Waals surface area contributed by atoms with E-state index in [2.05, 4.69) is 6.58 Å². The summed E-state index contributed by atoms with van der Waals surface area (Å²) in [5.74, 6) is -0.0473. The summed E-state index contributed by atoms with van der Waals surface area (Å²) in [5, 5.41) is 0. The number of carbonyl (C=O) groups is 2. The van der Waals surface area contributed by atoms with Gasteiger partial charge in [0.2, 0.25) is 0 Å². The molecule has 0 N–H and O–H groups in total. The topological polar surface area (TPSA) is 34.1 Å². The van der Waals surface area contributed by atoms with Crippen molar-refractivity contribution in [2.75, 3.05) is 0 Å². The monoisotopic (exact) mass is 194 g/mol. The second kappa shape index (κ2) is 3.34. The number of ketones is 2. The van der Waals surface area contributed by atoms with E-state index in [-0.39, 0.29) is 34.4 Å². The highest BCUT2D eigenvalue weighted by molar-refractivity contribution is 6.21. The van der Waals surface area contributed by atoms with Crippen molar-refractivity contribution in [3.8, 4) is 0 Å². The van der Waals surface area contributed by atoms with Gasteiger partial charge in [0, 0.05) is 12.3 Å². The largest absolute Gasteiger partial charge is 0.294 e. The lowest BCUT2D eigenvalue weighted by molar-refractivity contribution is -0.123. The average molecular weight is 194 g/mol. The SMILES string of the molecule is C=C1C(=O)CC(C)C(C)(C)C(C)C1=O. The first-order chi connectivity index (χ1) is 6.28. The minimum Gasteiger partial charge on any atom is -0.294 e. The minimum absolute atomic E-state index is 0.0793. The molecular formula is C12H18O2. The van der Waals surface area contributed by atoms with Crippen LogP contribution in [0.3, 0.4) is 0 Å². The van der Waals surface area contributed by atoms with Gasteiger partial charge in [-0.2, -0.15) is 0 Å². The zero-order valence-corrected chi connectivity index (χ0v) is 9.39. The number of carbonyl (C=O) groups excluding carboxylic acids is 2. The first-order valence-electron chi connectivity index (χ1n) is 5.04. The van der Waals surface area contributed by atoms with Crippen LogP contribution in [-0.2, 0) is 9.59 Å². The maximum absolute atomic E-state index is 11.8. The van der Waals surface area contributed by atoms with Crippen LogP contribution in [0, 0.1) is 17.3 Å². The summed E-state index contributed by atoms with van der Waals surface area (Å²) < 4.78 is 0. The molecule has 1 rings (SSSR count). The van der Waals surface area contributed by atoms with Crippen molar-refractivity contribution in [2.24, 2.45) is 17.3 Å². The molecule has 0 radical (unpaired) electrons. The predicted molar refractivity (Wildman–Crippen MR) is 55.9 cm³/mol. The van der Waals surface area contributed by atoms with E-state index in [1.165, 1.54) is 0 Å². The number of allylic oxidation sites excluding steroid dienone is 1. The summed E-state index contributed by atoms with van der Waals surface area (Å²) in [7, 11) is 0. The third-order valence-corrected chi connectivity index (χ3v) is 3.91. The van der Waals surface area contributed by atoms with E-state index in [4.69, 9.17) is 0 Å². The number of Topliss-reactive ketones (excluding diaryl/α,β-unsaturated/α-hetero) is 2. The van der Waals surface area contributed by atoms with Crippen molar-refractivity contribution in [3.63, 3.8) is 0 Å². The molecular weight excluding hydrogens is 176 g/mol. The Hall–Kier alpha value is -0.920. The molecule has 0 saturated heterocycles. The second-order valence-electron chi connectivity index (χ2n) is 4.91. The lowest BCUT2D eigenvalue weighted by Crippen LogP contribution is -2.32. The van der Waals surface area contributed by atoms with E-state index in [0.29, 0.717) is 6.42 Å². The molecule has 2 heteroatoms. The van der Waals surface area contributed by atoms with E-state index >= 15 is 0 Å². The number of hydrogen-bond donors (Lipinski definition) is 0. The summed E-state index contributed by atoms with van der Waals surface area (Å²) in [6, 6.07) is 0. The van der Waals surface area contributed by atoms with Crippen LogP contribution in [-0.4, -0.2) is 11.6 Å². The van der Waals surface area contributed by atoms with E-state index < -0.39 is 0 Å². The third kappa shape index (κ3) is 1.54. The second-order valence-corrected chi connectivity index (χ2v) is 4.91. The van der Waals surface area contributed by atoms with Gasteiger partial charge in [-0.15, -0.1) is 0 Å². The Morgan fingerprint density at radius 1 is 1.29 bits per heavy atom. The van der Waals surface area contributed by atoms with Gasteiger partial charge >= 0.3 is 0 Å². The minimum atomic E-state index is -0.119. The van der Waals surface area contributed by atoms with Crippen LogP contribution < -0.4 is 0 Å². The van der Waals surface area contributed by atoms with Crippen LogP contribution in [0.25, 0.3) is 0 Å². The van der Waals surface area contributed by atoms with Crippen LogP contribution >= 0.6 is 0 Å². The summed E-state index contributed by atoms with van der Waals surface area (Å²) >= 11 is 0. The molecule has 1 aliphatic carbocycles. The van der Waals surface area contributed by atoms with Gasteiger partial charge in [0.05, 0.1) is 5.57 Å². The Labute approximate surface area is 85.4 Å². The molecule has 0 spiro atoms. The molecule has 1 saturated carbocycles. The highest BCUT2D eigenvalue weighted by Gasteiger charge is 2.42. The van der Waals surface area contributed by atoms with Gasteiger partial charge in [0.15, 0.2) is 11.6 Å². The van der Waals surface area contributed by atoms with Gasteiger partial charge in [-0.25, -0.2) is 0 Å². The van der Waals surface area contributed by atoms with Gasteiger partial charge in [0.25, 0.3) is 0 Å². The molecule has 0 bridgehead atoms. The Morgan fingerprint density at radius 3 is 2.29 bits per heavy atom. The highest BCUT2D eigenvalue weighted by atomic mass is 16.1. The van der Waals surface area contributed by atoms with Crippen molar-refractivity contribution in [2.45, 2.75) is 34.1 Å². The average Bonchev–Trinajstić information content (AvgIpc) is 2.15. The van der Waals surface area contributed by atoms with Crippen LogP contribution in [0.5, 0.6) is 0 Å². The van der Waals surface area contributed by atoms with Crippen molar-refractivity contribution in [1.82, 2.24) is 0 Å². The van der Waals surface area contributed by atoms with E-state index in [0.717, 1.165) is 0 Å². The van der Waals surface area contributed by atoms with E-state index in [1.807, 2.05) is 27.7 Å². The zero-order chi connectivity index (χ0) is 11.1. The molecule has 1 aliphatic rings. The van der Waals surface area contributed by atoms with Crippen LogP contribution in [0.2, 0.25) is 0 Å². The maximum Gasteiger partial charge on any atom is 0.169 e. The molecule has 2 atom stereocenters. The fourth-order valence-electron chi connectivity index (χ4n) is 1.83. The quantitative estimate of drug-likeness (QED) is 0.337. The normalized spacial score (nSPS) is 33.0. The lowest BCUT2D eigenvalue weighted by Gasteiger charge is -2.34. The molecule has 14 heavy (non-hydrogen) atoms. The van der Waals surface area contributed by atoms with Gasteiger partial charge < -0.3 is 0 Å². The highest BCUT2D eigenvalue weighted by Crippen LogP contribution is 2.41. The molecule has 0 aromatic heterocycles. The molecule has 1 fully saturated rings. The Balaban J connectivity index is 3.14. The van der Waals surface area contributed by atoms with E-state index in [9.17, 15) is 9.59 Å². The Morgan fingerprint density at radius 2 is 1.79 bits per heavy atom. The van der Waals surface area contributed by atoms with Crippen molar-refractivity contribution >= 4 is 11.6 Å². The van der Waals surface area contributed by atoms with Crippen LogP contribution in [0.4, 0.5) is 0 Å². The van der Waals surface area contributed by atoms with Gasteiger partial charge in [-0.1, -0.05) is 34.3 Å². The third-order valence-electron chi connectivity index (χ3n) is 3.91. The molecule has 0 aliphatic heterocycles. The Bertz CT molecular complexity index is 299. The zero-order valence-electron chi connectivity index (χ0n) is 9.39. The summed E-state index contributed by atoms with van der Waals surface area (Å²) in [6.07, 6.45) is 0.446. The van der Waals surface area contributed by atoms with Gasteiger partial charge in [-0.3, -0.25) is 9.59 Å². The maximum atomic E-state index is 11.8. The standard InChI is InChI=1S/C12H18O2/c1-7-6-10(13)8(2)11(14)9(3)12(7,4)5/h7,9H,2,6H2,1,3-5H3. The van der Waals surface area contributed by atoms with Gasteiger partial charge in [0.1, 0.15) is 0 Å². The van der Waals surface area contributed by atoms with E-state index in [1.54, 1.807) is 0 Å². The number of rotatable bonds is 0. The van der Waals surface area contributed by atoms with Crippen molar-refractivity contribution < 1.29 is 9.59 Å². The molecule has 78 valence electrons. The molecule has 0 amide bonds. The van der Waals surface area contributed by atoms with Crippen molar-refractivity contribution in [1.29, 1.82) is 0 Å². The fraction of sp³-hybridized carbons (Fsp3) is 0.667. The summed E-state index contributed by atoms with van der Waals surface area (Å²) in [6.45, 7) is 11.6. The first kappa shape index (κ1) is 11.2. The predicted octanol–water partition coefficient (Wildman–Crippen LogP) is 2.38. The summed E-state index contributed by atoms with van der Waals surface area (Å²) in [5.41, 5.74) is 0.0709. The first-order valence-corrected chi connectivity index (χ1v) is 5.04. The molecule has 2 nitrogen and oxygen atoms in total. The van der Waals surface area contributed by atoms with Crippen LogP contribution in [0.15, 0.2) is 12.2 Å². The van der Waals surface area contributed by atoms with Crippen molar-refractivity contribution in [3.05, 3.63) is 12.2 Å². The molecule has 0 aromatic carbocycles. The van der Waals surface area contributed by atoms with Gasteiger partial charge in [-0.05, 0) is 11.3 Å². The summed E-state index contributed by atoms with van der Waals surface area (Å²) in [4.78, 5) is 23.3. The fourth-order valence-corrected chi connectivity index (χ4v) is 1.83. The lowest BCUT2D eigenvalue weighted by atomic mass is 9.69. The molecule has 0 heterocycles. The molecule has 2 unspecified atom stereocenters.